The Morgan fingerprint density at radius 3 is 2.48 bits per heavy atom. The van der Waals surface area contributed by atoms with E-state index >= 15 is 0 Å². The summed E-state index contributed by atoms with van der Waals surface area (Å²) < 4.78 is 0.460. The Hall–Kier alpha value is -2.00. The third kappa shape index (κ3) is 4.73. The van der Waals surface area contributed by atoms with Crippen molar-refractivity contribution in [2.45, 2.75) is 6.92 Å². The number of hydrogen-bond acceptors (Lipinski definition) is 5. The lowest BCUT2D eigenvalue weighted by molar-refractivity contribution is -0.384. The summed E-state index contributed by atoms with van der Waals surface area (Å²) in [6.07, 6.45) is 0. The van der Waals surface area contributed by atoms with Crippen molar-refractivity contribution in [2.24, 2.45) is 0 Å². The summed E-state index contributed by atoms with van der Waals surface area (Å²) in [4.78, 5) is 37.2. The molecule has 0 unspecified atom stereocenters. The first-order valence-corrected chi connectivity index (χ1v) is 7.88. The second-order valence-corrected chi connectivity index (χ2v) is 6.11. The fourth-order valence-corrected chi connectivity index (χ4v) is 2.80. The molecule has 0 bridgehead atoms. The lowest BCUT2D eigenvalue weighted by Crippen LogP contribution is -2.49. The van der Waals surface area contributed by atoms with Crippen LogP contribution in [-0.4, -0.2) is 59.3 Å². The number of carbonyl (C=O) groups is 2. The molecule has 1 N–H and O–H groups in total. The molecule has 1 heterocycles. The van der Waals surface area contributed by atoms with Crippen molar-refractivity contribution in [3.8, 4) is 0 Å². The number of nitrogens with zero attached hydrogens (tertiary/aromatic N) is 3. The molecule has 9 heteroatoms. The van der Waals surface area contributed by atoms with Gasteiger partial charge in [0.25, 0.3) is 5.69 Å². The van der Waals surface area contributed by atoms with Crippen LogP contribution in [0, 0.1) is 10.1 Å². The zero-order valence-corrected chi connectivity index (χ0v) is 14.2. The molecule has 1 aromatic carbocycles. The van der Waals surface area contributed by atoms with Gasteiger partial charge < -0.3 is 10.2 Å². The smallest absolute Gasteiger partial charge is 0.270 e. The molecule has 2 rings (SSSR count). The monoisotopic (exact) mass is 384 g/mol. The van der Waals surface area contributed by atoms with Crippen LogP contribution < -0.4 is 5.32 Å². The maximum Gasteiger partial charge on any atom is 0.270 e. The average molecular weight is 385 g/mol. The molecule has 1 aromatic rings. The highest BCUT2D eigenvalue weighted by Gasteiger charge is 2.20. The van der Waals surface area contributed by atoms with E-state index in [0.29, 0.717) is 36.3 Å². The van der Waals surface area contributed by atoms with Gasteiger partial charge in [-0.05, 0) is 22.0 Å². The molecule has 2 amide bonds. The molecule has 1 aliphatic rings. The van der Waals surface area contributed by atoms with Gasteiger partial charge in [0.05, 0.1) is 17.2 Å². The number of halogens is 1. The lowest BCUT2D eigenvalue weighted by Gasteiger charge is -2.33. The van der Waals surface area contributed by atoms with Gasteiger partial charge in [0.2, 0.25) is 11.8 Å². The Balaban J connectivity index is 1.88. The predicted molar refractivity (Wildman–Crippen MR) is 88.1 cm³/mol. The number of nitro groups is 1. The lowest BCUT2D eigenvalue weighted by atomic mass is 10.2. The van der Waals surface area contributed by atoms with Gasteiger partial charge in [-0.15, -0.1) is 0 Å². The second-order valence-electron chi connectivity index (χ2n) is 5.25. The van der Waals surface area contributed by atoms with Crippen LogP contribution in [0.2, 0.25) is 0 Å². The number of benzene rings is 1. The highest BCUT2D eigenvalue weighted by Crippen LogP contribution is 2.27. The van der Waals surface area contributed by atoms with E-state index in [2.05, 4.69) is 21.2 Å². The highest BCUT2D eigenvalue weighted by molar-refractivity contribution is 9.10. The quantitative estimate of drug-likeness (QED) is 0.626. The van der Waals surface area contributed by atoms with E-state index in [4.69, 9.17) is 0 Å². The van der Waals surface area contributed by atoms with Gasteiger partial charge in [0.15, 0.2) is 0 Å². The first-order chi connectivity index (χ1) is 10.9. The molecule has 0 aromatic heterocycles. The Kier molecular flexibility index (Phi) is 5.67. The van der Waals surface area contributed by atoms with Gasteiger partial charge in [-0.25, -0.2) is 0 Å². The summed E-state index contributed by atoms with van der Waals surface area (Å²) in [5, 5.41) is 13.4. The molecule has 0 atom stereocenters. The maximum atomic E-state index is 12.1. The Bertz CT molecular complexity index is 629. The van der Waals surface area contributed by atoms with Crippen LogP contribution in [0.15, 0.2) is 22.7 Å². The van der Waals surface area contributed by atoms with Gasteiger partial charge in [-0.2, -0.15) is 0 Å². The summed E-state index contributed by atoms with van der Waals surface area (Å²) in [5.41, 5.74) is 0.443. The SMILES string of the molecule is CC(=O)N1CCN(CC(=O)Nc2ccc([N+](=O)[O-])cc2Br)CC1. The van der Waals surface area contributed by atoms with Crippen molar-refractivity contribution >= 4 is 39.1 Å². The number of non-ortho nitro benzene ring substituents is 1. The largest absolute Gasteiger partial charge is 0.340 e. The molecule has 8 nitrogen and oxygen atoms in total. The molecule has 124 valence electrons. The van der Waals surface area contributed by atoms with E-state index in [9.17, 15) is 19.7 Å². The van der Waals surface area contributed by atoms with Crippen LogP contribution in [0.1, 0.15) is 6.92 Å². The number of nitrogens with one attached hydrogen (secondary N) is 1. The van der Waals surface area contributed by atoms with Gasteiger partial charge in [0, 0.05) is 49.7 Å². The van der Waals surface area contributed by atoms with Crippen molar-refractivity contribution in [1.29, 1.82) is 0 Å². The summed E-state index contributed by atoms with van der Waals surface area (Å²) in [6.45, 7) is 4.28. The number of nitro benzene ring substituents is 1. The van der Waals surface area contributed by atoms with Crippen molar-refractivity contribution in [2.75, 3.05) is 38.0 Å². The molecule has 0 saturated carbocycles. The van der Waals surface area contributed by atoms with E-state index in [0.717, 1.165) is 0 Å². The standard InChI is InChI=1S/C14H17BrN4O4/c1-10(20)18-6-4-17(5-7-18)9-14(21)16-13-3-2-11(19(22)23)8-12(13)15/h2-3,8H,4-7,9H2,1H3,(H,16,21). The van der Waals surface area contributed by atoms with E-state index in [1.807, 2.05) is 4.90 Å². The van der Waals surface area contributed by atoms with E-state index < -0.39 is 4.92 Å². The number of hydrogen-bond donors (Lipinski definition) is 1. The van der Waals surface area contributed by atoms with Gasteiger partial charge in [-0.1, -0.05) is 0 Å². The fourth-order valence-electron chi connectivity index (χ4n) is 2.33. The van der Waals surface area contributed by atoms with Crippen molar-refractivity contribution in [3.05, 3.63) is 32.8 Å². The molecule has 0 radical (unpaired) electrons. The third-order valence-corrected chi connectivity index (χ3v) is 4.28. The van der Waals surface area contributed by atoms with Crippen LogP contribution in [0.3, 0.4) is 0 Å². The number of carbonyl (C=O) groups excluding carboxylic acids is 2. The molecule has 1 saturated heterocycles. The Morgan fingerprint density at radius 2 is 1.96 bits per heavy atom. The van der Waals surface area contributed by atoms with E-state index in [-0.39, 0.29) is 24.0 Å². The first kappa shape index (κ1) is 17.4. The second kappa shape index (κ2) is 7.51. The summed E-state index contributed by atoms with van der Waals surface area (Å²) in [5.74, 6) is -0.153. The zero-order valence-electron chi connectivity index (χ0n) is 12.6. The molecule has 23 heavy (non-hydrogen) atoms. The Morgan fingerprint density at radius 1 is 1.30 bits per heavy atom. The molecular formula is C14H17BrN4O4. The minimum atomic E-state index is -0.495. The maximum absolute atomic E-state index is 12.1. The van der Waals surface area contributed by atoms with Crippen LogP contribution >= 0.6 is 15.9 Å². The molecule has 0 spiro atoms. The van der Waals surface area contributed by atoms with E-state index in [1.165, 1.54) is 25.1 Å². The van der Waals surface area contributed by atoms with Crippen molar-refractivity contribution in [1.82, 2.24) is 9.80 Å². The number of anilines is 1. The molecular weight excluding hydrogens is 368 g/mol. The summed E-state index contributed by atoms with van der Waals surface area (Å²) in [6, 6.07) is 4.18. The normalized spacial score (nSPS) is 15.3. The molecule has 1 aliphatic heterocycles. The van der Waals surface area contributed by atoms with Crippen LogP contribution in [0.4, 0.5) is 11.4 Å². The van der Waals surface area contributed by atoms with Crippen LogP contribution in [0.25, 0.3) is 0 Å². The first-order valence-electron chi connectivity index (χ1n) is 7.08. The van der Waals surface area contributed by atoms with Crippen molar-refractivity contribution in [3.63, 3.8) is 0 Å². The van der Waals surface area contributed by atoms with E-state index in [1.54, 1.807) is 4.90 Å². The minimum Gasteiger partial charge on any atom is -0.340 e. The zero-order chi connectivity index (χ0) is 17.0. The summed E-state index contributed by atoms with van der Waals surface area (Å²) in [7, 11) is 0. The fraction of sp³-hybridized carbons (Fsp3) is 0.429. The van der Waals surface area contributed by atoms with Gasteiger partial charge in [0.1, 0.15) is 0 Å². The topological polar surface area (TPSA) is 95.8 Å². The van der Waals surface area contributed by atoms with Crippen LogP contribution in [-0.2, 0) is 9.59 Å². The Labute approximate surface area is 141 Å². The number of piperazine rings is 1. The third-order valence-electron chi connectivity index (χ3n) is 3.62. The highest BCUT2D eigenvalue weighted by atomic mass is 79.9. The number of amides is 2. The van der Waals surface area contributed by atoms with Crippen LogP contribution in [0.5, 0.6) is 0 Å². The number of rotatable bonds is 4. The average Bonchev–Trinajstić information content (AvgIpc) is 2.49. The van der Waals surface area contributed by atoms with Gasteiger partial charge >= 0.3 is 0 Å². The van der Waals surface area contributed by atoms with Crippen molar-refractivity contribution < 1.29 is 14.5 Å². The minimum absolute atomic E-state index is 0.0453. The van der Waals surface area contributed by atoms with Gasteiger partial charge in [-0.3, -0.25) is 24.6 Å². The summed E-state index contributed by atoms with van der Waals surface area (Å²) >= 11 is 3.22. The molecule has 0 aliphatic carbocycles. The predicted octanol–water partition coefficient (Wildman–Crippen LogP) is 1.46. The molecule has 1 fully saturated rings.